The summed E-state index contributed by atoms with van der Waals surface area (Å²) in [5, 5.41) is 0. The zero-order chi connectivity index (χ0) is 12.3. The molecule has 1 aliphatic carbocycles. The summed E-state index contributed by atoms with van der Waals surface area (Å²) < 4.78 is 0. The average Bonchev–Trinajstić information content (AvgIpc) is 2.34. The summed E-state index contributed by atoms with van der Waals surface area (Å²) in [5.74, 6) is 1.33. The molecule has 1 aromatic rings. The van der Waals surface area contributed by atoms with Gasteiger partial charge in [0, 0.05) is 5.92 Å². The van der Waals surface area contributed by atoms with Gasteiger partial charge in [0.2, 0.25) is 0 Å². The molecular formula is C15H22N2. The Hall–Kier alpha value is -1.31. The zero-order valence-corrected chi connectivity index (χ0v) is 10.9. The Morgan fingerprint density at radius 1 is 1.18 bits per heavy atom. The first-order valence-corrected chi connectivity index (χ1v) is 6.58. The molecule has 2 rings (SSSR count). The van der Waals surface area contributed by atoms with Crippen LogP contribution in [0.5, 0.6) is 0 Å². The van der Waals surface area contributed by atoms with Crippen LogP contribution in [0.15, 0.2) is 23.2 Å². The largest absolute Gasteiger partial charge is 0.387 e. The van der Waals surface area contributed by atoms with Crippen LogP contribution in [-0.4, -0.2) is 5.84 Å². The highest BCUT2D eigenvalue weighted by Gasteiger charge is 2.17. The molecule has 2 heteroatoms. The van der Waals surface area contributed by atoms with E-state index in [1.807, 2.05) is 0 Å². The summed E-state index contributed by atoms with van der Waals surface area (Å²) >= 11 is 0. The molecule has 2 nitrogen and oxygen atoms in total. The van der Waals surface area contributed by atoms with Crippen molar-refractivity contribution in [3.8, 4) is 0 Å². The van der Waals surface area contributed by atoms with Gasteiger partial charge < -0.3 is 5.73 Å². The van der Waals surface area contributed by atoms with Crippen LogP contribution in [0.3, 0.4) is 0 Å². The number of benzene rings is 1. The van der Waals surface area contributed by atoms with Gasteiger partial charge >= 0.3 is 0 Å². The maximum absolute atomic E-state index is 6.14. The van der Waals surface area contributed by atoms with E-state index < -0.39 is 0 Å². The topological polar surface area (TPSA) is 38.4 Å². The number of nitrogens with zero attached hydrogens (tertiary/aromatic N) is 1. The molecular weight excluding hydrogens is 208 g/mol. The van der Waals surface area contributed by atoms with E-state index in [4.69, 9.17) is 5.73 Å². The number of hydrogen-bond donors (Lipinski definition) is 1. The van der Waals surface area contributed by atoms with Crippen LogP contribution in [0.1, 0.15) is 43.2 Å². The van der Waals surface area contributed by atoms with Crippen molar-refractivity contribution in [3.63, 3.8) is 0 Å². The van der Waals surface area contributed by atoms with Crippen LogP contribution in [0.25, 0.3) is 0 Å². The van der Waals surface area contributed by atoms with Crippen LogP contribution < -0.4 is 5.73 Å². The first-order chi connectivity index (χ1) is 8.16. The number of rotatable bonds is 2. The molecule has 0 heterocycles. The molecule has 1 aliphatic rings. The predicted octanol–water partition coefficient (Wildman–Crippen LogP) is 3.87. The second kappa shape index (κ2) is 5.35. The second-order valence-corrected chi connectivity index (χ2v) is 5.16. The minimum absolute atomic E-state index is 0.504. The summed E-state index contributed by atoms with van der Waals surface area (Å²) in [6, 6.07) is 6.33. The molecule has 0 aliphatic heterocycles. The summed E-state index contributed by atoms with van der Waals surface area (Å²) in [6.07, 6.45) is 6.37. The average molecular weight is 230 g/mol. The van der Waals surface area contributed by atoms with E-state index in [2.05, 4.69) is 37.0 Å². The third kappa shape index (κ3) is 3.09. The summed E-state index contributed by atoms with van der Waals surface area (Å²) in [4.78, 5) is 4.62. The third-order valence-corrected chi connectivity index (χ3v) is 3.63. The minimum Gasteiger partial charge on any atom is -0.387 e. The van der Waals surface area contributed by atoms with E-state index in [0.29, 0.717) is 5.92 Å². The van der Waals surface area contributed by atoms with Gasteiger partial charge in [-0.05, 0) is 38.3 Å². The van der Waals surface area contributed by atoms with Gasteiger partial charge in [-0.3, -0.25) is 0 Å². The van der Waals surface area contributed by atoms with Crippen LogP contribution in [0.2, 0.25) is 0 Å². The van der Waals surface area contributed by atoms with E-state index in [-0.39, 0.29) is 0 Å². The standard InChI is InChI=1S/C15H22N2/c1-11-8-9-14(12(2)10-11)17-15(16)13-6-4-3-5-7-13/h8-10,13H,3-7H2,1-2H3,(H2,16,17). The van der Waals surface area contributed by atoms with Crippen molar-refractivity contribution in [1.82, 2.24) is 0 Å². The quantitative estimate of drug-likeness (QED) is 0.608. The molecule has 0 radical (unpaired) electrons. The Kier molecular flexibility index (Phi) is 3.82. The fourth-order valence-corrected chi connectivity index (χ4v) is 2.56. The minimum atomic E-state index is 0.504. The zero-order valence-electron chi connectivity index (χ0n) is 10.9. The number of nitrogens with two attached hydrogens (primary N) is 1. The summed E-state index contributed by atoms with van der Waals surface area (Å²) in [5.41, 5.74) is 9.65. The Morgan fingerprint density at radius 3 is 2.53 bits per heavy atom. The lowest BCUT2D eigenvalue weighted by molar-refractivity contribution is 0.437. The van der Waals surface area contributed by atoms with Gasteiger partial charge in [-0.2, -0.15) is 0 Å². The van der Waals surface area contributed by atoms with E-state index >= 15 is 0 Å². The molecule has 1 fully saturated rings. The smallest absolute Gasteiger partial charge is 0.103 e. The van der Waals surface area contributed by atoms with E-state index in [1.165, 1.54) is 43.2 Å². The monoisotopic (exact) mass is 230 g/mol. The number of amidine groups is 1. The normalized spacial score (nSPS) is 18.4. The molecule has 1 saturated carbocycles. The molecule has 0 unspecified atom stereocenters. The van der Waals surface area contributed by atoms with Gasteiger partial charge in [0.05, 0.1) is 5.69 Å². The van der Waals surface area contributed by atoms with Gasteiger partial charge in [0.25, 0.3) is 0 Å². The van der Waals surface area contributed by atoms with Gasteiger partial charge in [-0.15, -0.1) is 0 Å². The Labute approximate surface area is 104 Å². The van der Waals surface area contributed by atoms with Crippen LogP contribution in [-0.2, 0) is 0 Å². The summed E-state index contributed by atoms with van der Waals surface area (Å²) in [7, 11) is 0. The van der Waals surface area contributed by atoms with Crippen molar-refractivity contribution in [3.05, 3.63) is 29.3 Å². The highest BCUT2D eigenvalue weighted by molar-refractivity contribution is 5.85. The van der Waals surface area contributed by atoms with E-state index in [0.717, 1.165) is 11.5 Å². The first-order valence-electron chi connectivity index (χ1n) is 6.58. The summed E-state index contributed by atoms with van der Waals surface area (Å²) in [6.45, 7) is 4.20. The molecule has 17 heavy (non-hydrogen) atoms. The SMILES string of the molecule is Cc1ccc(N=C(N)C2CCCCC2)c(C)c1. The molecule has 92 valence electrons. The van der Waals surface area contributed by atoms with Crippen molar-refractivity contribution >= 4 is 11.5 Å². The molecule has 0 atom stereocenters. The Bertz CT molecular complexity index is 415. The fourth-order valence-electron chi connectivity index (χ4n) is 2.56. The number of hydrogen-bond acceptors (Lipinski definition) is 1. The Morgan fingerprint density at radius 2 is 1.88 bits per heavy atom. The predicted molar refractivity (Wildman–Crippen MR) is 73.8 cm³/mol. The van der Waals surface area contributed by atoms with Gasteiger partial charge in [0.1, 0.15) is 5.84 Å². The molecule has 2 N–H and O–H groups in total. The molecule has 0 bridgehead atoms. The number of aliphatic imine (C=N–C) groups is 1. The molecule has 0 spiro atoms. The van der Waals surface area contributed by atoms with Crippen molar-refractivity contribution in [1.29, 1.82) is 0 Å². The number of aryl methyl sites for hydroxylation is 2. The van der Waals surface area contributed by atoms with Crippen molar-refractivity contribution in [2.75, 3.05) is 0 Å². The van der Waals surface area contributed by atoms with Crippen LogP contribution in [0.4, 0.5) is 5.69 Å². The molecule has 0 aromatic heterocycles. The van der Waals surface area contributed by atoms with Crippen LogP contribution in [0, 0.1) is 19.8 Å². The lowest BCUT2D eigenvalue weighted by Crippen LogP contribution is -2.25. The first kappa shape index (κ1) is 12.2. The fraction of sp³-hybridized carbons (Fsp3) is 0.533. The van der Waals surface area contributed by atoms with Crippen molar-refractivity contribution in [2.24, 2.45) is 16.6 Å². The Balaban J connectivity index is 2.16. The van der Waals surface area contributed by atoms with Crippen molar-refractivity contribution < 1.29 is 0 Å². The molecule has 0 saturated heterocycles. The van der Waals surface area contributed by atoms with Crippen LogP contribution >= 0.6 is 0 Å². The van der Waals surface area contributed by atoms with E-state index in [9.17, 15) is 0 Å². The highest BCUT2D eigenvalue weighted by Crippen LogP contribution is 2.26. The maximum Gasteiger partial charge on any atom is 0.103 e. The van der Waals surface area contributed by atoms with Gasteiger partial charge in [-0.25, -0.2) is 4.99 Å². The highest BCUT2D eigenvalue weighted by atomic mass is 14.9. The lowest BCUT2D eigenvalue weighted by atomic mass is 9.88. The van der Waals surface area contributed by atoms with Gasteiger partial charge in [0.15, 0.2) is 0 Å². The lowest BCUT2D eigenvalue weighted by Gasteiger charge is -2.21. The van der Waals surface area contributed by atoms with Crippen molar-refractivity contribution in [2.45, 2.75) is 46.0 Å². The molecule has 0 amide bonds. The van der Waals surface area contributed by atoms with Gasteiger partial charge in [-0.1, -0.05) is 37.0 Å². The molecule has 1 aromatic carbocycles. The van der Waals surface area contributed by atoms with E-state index in [1.54, 1.807) is 0 Å². The maximum atomic E-state index is 6.14. The second-order valence-electron chi connectivity index (χ2n) is 5.16. The third-order valence-electron chi connectivity index (χ3n) is 3.63.